The van der Waals surface area contributed by atoms with E-state index in [0.29, 0.717) is 0 Å². The fourth-order valence-electron chi connectivity index (χ4n) is 1.82. The van der Waals surface area contributed by atoms with E-state index in [1.807, 2.05) is 43.2 Å². The minimum absolute atomic E-state index is 0.234. The number of nitrogens with zero attached hydrogens (tertiary/aromatic N) is 3. The van der Waals surface area contributed by atoms with Gasteiger partial charge >= 0.3 is 0 Å². The molecule has 0 aliphatic rings. The van der Waals surface area contributed by atoms with Crippen molar-refractivity contribution in [2.75, 3.05) is 5.32 Å². The monoisotopic (exact) mass is 216 g/mol. The van der Waals surface area contributed by atoms with Crippen LogP contribution in [0.15, 0.2) is 30.7 Å². The summed E-state index contributed by atoms with van der Waals surface area (Å²) >= 11 is 0. The van der Waals surface area contributed by atoms with E-state index in [-0.39, 0.29) is 6.04 Å². The molecule has 2 aromatic heterocycles. The third-order valence-corrected chi connectivity index (χ3v) is 2.56. The Morgan fingerprint density at radius 2 is 2.25 bits per heavy atom. The topological polar surface area (TPSA) is 42.7 Å². The lowest BCUT2D eigenvalue weighted by Crippen LogP contribution is -2.07. The summed E-state index contributed by atoms with van der Waals surface area (Å²) in [5.74, 6) is 0. The van der Waals surface area contributed by atoms with E-state index in [0.717, 1.165) is 11.4 Å². The van der Waals surface area contributed by atoms with Crippen LogP contribution in [0.3, 0.4) is 0 Å². The van der Waals surface area contributed by atoms with Gasteiger partial charge in [0.25, 0.3) is 0 Å². The molecule has 1 atom stereocenters. The van der Waals surface area contributed by atoms with Crippen LogP contribution in [0.5, 0.6) is 0 Å². The fourth-order valence-corrected chi connectivity index (χ4v) is 1.82. The van der Waals surface area contributed by atoms with E-state index >= 15 is 0 Å². The SMILES string of the molecule is Cc1nn(C)cc1C(C)Nc1cccnc1. The van der Waals surface area contributed by atoms with Crippen molar-refractivity contribution >= 4 is 5.69 Å². The summed E-state index contributed by atoms with van der Waals surface area (Å²) in [6.45, 7) is 4.15. The largest absolute Gasteiger partial charge is 0.377 e. The second-order valence-corrected chi connectivity index (χ2v) is 3.95. The third kappa shape index (κ3) is 2.21. The number of nitrogens with one attached hydrogen (secondary N) is 1. The second-order valence-electron chi connectivity index (χ2n) is 3.95. The molecular weight excluding hydrogens is 200 g/mol. The lowest BCUT2D eigenvalue weighted by atomic mass is 10.1. The van der Waals surface area contributed by atoms with Crippen LogP contribution in [0.25, 0.3) is 0 Å². The predicted octanol–water partition coefficient (Wildman–Crippen LogP) is 2.30. The molecule has 0 spiro atoms. The van der Waals surface area contributed by atoms with Crippen LogP contribution in [0.2, 0.25) is 0 Å². The van der Waals surface area contributed by atoms with E-state index in [2.05, 4.69) is 22.3 Å². The molecule has 0 amide bonds. The molecule has 2 aromatic rings. The minimum atomic E-state index is 0.234. The van der Waals surface area contributed by atoms with Gasteiger partial charge in [-0.1, -0.05) is 0 Å². The maximum Gasteiger partial charge on any atom is 0.0646 e. The molecule has 2 heterocycles. The molecule has 0 bridgehead atoms. The van der Waals surface area contributed by atoms with Crippen LogP contribution >= 0.6 is 0 Å². The number of anilines is 1. The second kappa shape index (κ2) is 4.35. The van der Waals surface area contributed by atoms with E-state index in [9.17, 15) is 0 Å². The Morgan fingerprint density at radius 3 is 2.81 bits per heavy atom. The average Bonchev–Trinajstić information content (AvgIpc) is 2.59. The van der Waals surface area contributed by atoms with E-state index in [1.54, 1.807) is 6.20 Å². The Hall–Kier alpha value is -1.84. The molecule has 2 rings (SSSR count). The predicted molar refractivity (Wildman–Crippen MR) is 64.2 cm³/mol. The maximum atomic E-state index is 4.33. The lowest BCUT2D eigenvalue weighted by Gasteiger charge is -2.13. The molecule has 4 heteroatoms. The van der Waals surface area contributed by atoms with Crippen molar-refractivity contribution in [3.8, 4) is 0 Å². The van der Waals surface area contributed by atoms with Crippen molar-refractivity contribution in [3.05, 3.63) is 42.0 Å². The van der Waals surface area contributed by atoms with Gasteiger partial charge in [-0.3, -0.25) is 9.67 Å². The van der Waals surface area contributed by atoms with Crippen LogP contribution in [0.1, 0.15) is 24.2 Å². The van der Waals surface area contributed by atoms with Gasteiger partial charge in [0.1, 0.15) is 0 Å². The van der Waals surface area contributed by atoms with Crippen molar-refractivity contribution in [1.29, 1.82) is 0 Å². The maximum absolute atomic E-state index is 4.33. The molecule has 0 saturated carbocycles. The average molecular weight is 216 g/mol. The Bertz CT molecular complexity index is 461. The van der Waals surface area contributed by atoms with Crippen LogP contribution in [0, 0.1) is 6.92 Å². The molecule has 84 valence electrons. The first kappa shape index (κ1) is 10.7. The molecule has 1 unspecified atom stereocenters. The summed E-state index contributed by atoms with van der Waals surface area (Å²) < 4.78 is 1.84. The van der Waals surface area contributed by atoms with Crippen molar-refractivity contribution in [2.45, 2.75) is 19.9 Å². The Kier molecular flexibility index (Phi) is 2.90. The summed E-state index contributed by atoms with van der Waals surface area (Å²) in [4.78, 5) is 4.08. The van der Waals surface area contributed by atoms with Crippen molar-refractivity contribution in [3.63, 3.8) is 0 Å². The Balaban J connectivity index is 2.14. The zero-order chi connectivity index (χ0) is 11.5. The first-order valence-corrected chi connectivity index (χ1v) is 5.33. The molecule has 0 saturated heterocycles. The van der Waals surface area contributed by atoms with Gasteiger partial charge in [-0.2, -0.15) is 5.10 Å². The first-order valence-electron chi connectivity index (χ1n) is 5.33. The Labute approximate surface area is 95.3 Å². The highest BCUT2D eigenvalue weighted by Crippen LogP contribution is 2.20. The highest BCUT2D eigenvalue weighted by atomic mass is 15.3. The number of rotatable bonds is 3. The summed E-state index contributed by atoms with van der Waals surface area (Å²) in [5.41, 5.74) is 3.30. The van der Waals surface area contributed by atoms with Crippen LogP contribution < -0.4 is 5.32 Å². The molecular formula is C12H16N4. The van der Waals surface area contributed by atoms with Crippen LogP contribution in [-0.2, 0) is 7.05 Å². The molecule has 4 nitrogen and oxygen atoms in total. The Morgan fingerprint density at radius 1 is 1.44 bits per heavy atom. The third-order valence-electron chi connectivity index (χ3n) is 2.56. The van der Waals surface area contributed by atoms with Gasteiger partial charge < -0.3 is 5.32 Å². The summed E-state index contributed by atoms with van der Waals surface area (Å²) in [7, 11) is 1.94. The fraction of sp³-hybridized carbons (Fsp3) is 0.333. The molecule has 0 radical (unpaired) electrons. The minimum Gasteiger partial charge on any atom is -0.377 e. The summed E-state index contributed by atoms with van der Waals surface area (Å²) in [6.07, 6.45) is 5.64. The van der Waals surface area contributed by atoms with Gasteiger partial charge in [0.2, 0.25) is 0 Å². The highest BCUT2D eigenvalue weighted by molar-refractivity contribution is 5.42. The van der Waals surface area contributed by atoms with Gasteiger partial charge in [-0.05, 0) is 26.0 Å². The number of aryl methyl sites for hydroxylation is 2. The number of hydrogen-bond donors (Lipinski definition) is 1. The van der Waals surface area contributed by atoms with E-state index < -0.39 is 0 Å². The van der Waals surface area contributed by atoms with Gasteiger partial charge in [0.05, 0.1) is 17.4 Å². The van der Waals surface area contributed by atoms with E-state index in [4.69, 9.17) is 0 Å². The smallest absolute Gasteiger partial charge is 0.0646 e. The van der Waals surface area contributed by atoms with Gasteiger partial charge in [0, 0.05) is 31.2 Å². The zero-order valence-electron chi connectivity index (χ0n) is 9.81. The summed E-state index contributed by atoms with van der Waals surface area (Å²) in [5, 5.41) is 7.73. The van der Waals surface area contributed by atoms with Gasteiger partial charge in [0.15, 0.2) is 0 Å². The molecule has 0 fully saturated rings. The molecule has 0 aromatic carbocycles. The van der Waals surface area contributed by atoms with Gasteiger partial charge in [-0.25, -0.2) is 0 Å². The quantitative estimate of drug-likeness (QED) is 0.856. The summed E-state index contributed by atoms with van der Waals surface area (Å²) in [6, 6.07) is 4.17. The van der Waals surface area contributed by atoms with Crippen LogP contribution in [0.4, 0.5) is 5.69 Å². The number of pyridine rings is 1. The standard InChI is InChI=1S/C12H16N4/c1-9(12-8-16(3)15-10(12)2)14-11-5-4-6-13-7-11/h4-9,14H,1-3H3. The molecule has 16 heavy (non-hydrogen) atoms. The van der Waals surface area contributed by atoms with Crippen molar-refractivity contribution in [1.82, 2.24) is 14.8 Å². The van der Waals surface area contributed by atoms with Crippen molar-refractivity contribution in [2.24, 2.45) is 7.05 Å². The highest BCUT2D eigenvalue weighted by Gasteiger charge is 2.11. The van der Waals surface area contributed by atoms with Crippen LogP contribution in [-0.4, -0.2) is 14.8 Å². The first-order chi connectivity index (χ1) is 7.66. The number of aromatic nitrogens is 3. The van der Waals surface area contributed by atoms with Gasteiger partial charge in [-0.15, -0.1) is 0 Å². The molecule has 0 aliphatic carbocycles. The number of hydrogen-bond acceptors (Lipinski definition) is 3. The zero-order valence-corrected chi connectivity index (χ0v) is 9.81. The normalized spacial score (nSPS) is 12.4. The molecule has 1 N–H and O–H groups in total. The van der Waals surface area contributed by atoms with E-state index in [1.165, 1.54) is 5.56 Å². The molecule has 0 aliphatic heterocycles. The lowest BCUT2D eigenvalue weighted by molar-refractivity contribution is 0.756. The van der Waals surface area contributed by atoms with Crippen molar-refractivity contribution < 1.29 is 0 Å².